The van der Waals surface area contributed by atoms with Gasteiger partial charge in [-0.15, -0.1) is 11.3 Å². The van der Waals surface area contributed by atoms with Crippen LogP contribution in [0, 0.1) is 11.8 Å². The van der Waals surface area contributed by atoms with Crippen LogP contribution in [-0.4, -0.2) is 23.5 Å². The van der Waals surface area contributed by atoms with E-state index in [1.807, 2.05) is 0 Å². The first kappa shape index (κ1) is 23.7. The molecule has 0 radical (unpaired) electrons. The van der Waals surface area contributed by atoms with Crippen LogP contribution in [0.2, 0.25) is 0 Å². The lowest BCUT2D eigenvalue weighted by atomic mass is 9.85. The van der Waals surface area contributed by atoms with E-state index in [1.54, 1.807) is 5.38 Å². The number of anilines is 2. The number of esters is 1. The number of thiazole rings is 1. The fraction of sp³-hybridized carbons (Fsp3) is 0.348. The third-order valence-electron chi connectivity index (χ3n) is 5.20. The van der Waals surface area contributed by atoms with E-state index < -0.39 is 23.6 Å². The summed E-state index contributed by atoms with van der Waals surface area (Å²) < 4.78 is 44.5. The first-order valence-corrected chi connectivity index (χ1v) is 11.0. The zero-order valence-corrected chi connectivity index (χ0v) is 18.4. The van der Waals surface area contributed by atoms with E-state index >= 15 is 0 Å². The molecular weight excluding hydrogens is 441 g/mol. The third kappa shape index (κ3) is 6.06. The Morgan fingerprint density at radius 3 is 2.72 bits per heavy atom. The van der Waals surface area contributed by atoms with Crippen LogP contribution in [0.3, 0.4) is 0 Å². The van der Waals surface area contributed by atoms with Crippen LogP contribution in [0.15, 0.2) is 47.9 Å². The molecule has 0 fully saturated rings. The number of aromatic nitrogens is 1. The maximum Gasteiger partial charge on any atom is 0.416 e. The summed E-state index contributed by atoms with van der Waals surface area (Å²) in [5.74, 6) is -0.238. The molecule has 1 heterocycles. The molecule has 2 atom stereocenters. The van der Waals surface area contributed by atoms with Gasteiger partial charge in [-0.2, -0.15) is 13.2 Å². The molecule has 1 amide bonds. The van der Waals surface area contributed by atoms with Gasteiger partial charge in [-0.3, -0.25) is 9.69 Å². The van der Waals surface area contributed by atoms with E-state index in [-0.39, 0.29) is 10.8 Å². The number of alkyl halides is 3. The fourth-order valence-electron chi connectivity index (χ4n) is 3.33. The molecule has 0 spiro atoms. The number of amides is 1. The number of hydrogen-bond donors (Lipinski definition) is 0. The number of nitrogens with zero attached hydrogens (tertiary/aromatic N) is 2. The maximum absolute atomic E-state index is 13.0. The standard InChI is InChI=1S/C23H23F3N2O3S/c1-15-6-3-4-7-17(15)13-31-21(30)11-10-19-14-32-22(27-19)28(16(2)29)20-9-5-8-18(12-20)23(24,25)26/h3-5,8-12,14-15,17H,6-7,13H2,1-2H3. The van der Waals surface area contributed by atoms with Crippen molar-refractivity contribution >= 4 is 40.1 Å². The number of ether oxygens (including phenoxy) is 1. The van der Waals surface area contributed by atoms with Crippen LogP contribution in [0.5, 0.6) is 0 Å². The highest BCUT2D eigenvalue weighted by atomic mass is 32.1. The van der Waals surface area contributed by atoms with Gasteiger partial charge in [-0.1, -0.05) is 25.1 Å². The zero-order valence-electron chi connectivity index (χ0n) is 17.6. The molecule has 0 saturated carbocycles. The highest BCUT2D eigenvalue weighted by molar-refractivity contribution is 7.14. The first-order chi connectivity index (χ1) is 15.1. The average molecular weight is 465 g/mol. The van der Waals surface area contributed by atoms with Crippen LogP contribution in [0.4, 0.5) is 24.0 Å². The van der Waals surface area contributed by atoms with Crippen molar-refractivity contribution in [3.8, 4) is 0 Å². The molecule has 170 valence electrons. The molecule has 9 heteroatoms. The van der Waals surface area contributed by atoms with E-state index in [0.717, 1.165) is 41.2 Å². The van der Waals surface area contributed by atoms with Gasteiger partial charge in [0.1, 0.15) is 0 Å². The topological polar surface area (TPSA) is 59.5 Å². The Morgan fingerprint density at radius 1 is 1.28 bits per heavy atom. The summed E-state index contributed by atoms with van der Waals surface area (Å²) in [6.45, 7) is 3.71. The van der Waals surface area contributed by atoms with E-state index in [9.17, 15) is 22.8 Å². The molecular formula is C23H23F3N2O3S. The quantitative estimate of drug-likeness (QED) is 0.299. The predicted molar refractivity (Wildman–Crippen MR) is 117 cm³/mol. The Kier molecular flexibility index (Phi) is 7.50. The molecule has 2 aromatic rings. The molecule has 0 N–H and O–H groups in total. The summed E-state index contributed by atoms with van der Waals surface area (Å²) in [7, 11) is 0. The van der Waals surface area contributed by atoms with Gasteiger partial charge in [0.25, 0.3) is 0 Å². The van der Waals surface area contributed by atoms with Crippen molar-refractivity contribution in [2.75, 3.05) is 11.5 Å². The van der Waals surface area contributed by atoms with E-state index in [4.69, 9.17) is 4.74 Å². The van der Waals surface area contributed by atoms with Gasteiger partial charge in [0.05, 0.1) is 23.6 Å². The second kappa shape index (κ2) is 10.1. The molecule has 0 bridgehead atoms. The Balaban J connectivity index is 1.68. The van der Waals surface area contributed by atoms with Gasteiger partial charge >= 0.3 is 12.1 Å². The van der Waals surface area contributed by atoms with Crippen molar-refractivity contribution in [3.05, 3.63) is 59.1 Å². The highest BCUT2D eigenvalue weighted by Gasteiger charge is 2.31. The lowest BCUT2D eigenvalue weighted by Crippen LogP contribution is -2.23. The lowest BCUT2D eigenvalue weighted by molar-refractivity contribution is -0.139. The molecule has 0 saturated heterocycles. The molecule has 1 aromatic carbocycles. The minimum Gasteiger partial charge on any atom is -0.462 e. The van der Waals surface area contributed by atoms with Crippen LogP contribution in [-0.2, 0) is 20.5 Å². The highest BCUT2D eigenvalue weighted by Crippen LogP contribution is 2.35. The summed E-state index contributed by atoms with van der Waals surface area (Å²) in [5.41, 5.74) is -0.398. The van der Waals surface area contributed by atoms with Gasteiger partial charge in [-0.25, -0.2) is 9.78 Å². The van der Waals surface area contributed by atoms with Crippen molar-refractivity contribution < 1.29 is 27.5 Å². The summed E-state index contributed by atoms with van der Waals surface area (Å²) in [6, 6.07) is 4.48. The van der Waals surface area contributed by atoms with E-state index in [2.05, 4.69) is 24.1 Å². The largest absolute Gasteiger partial charge is 0.462 e. The van der Waals surface area contributed by atoms with Crippen molar-refractivity contribution in [1.29, 1.82) is 0 Å². The van der Waals surface area contributed by atoms with Crippen LogP contribution >= 0.6 is 11.3 Å². The van der Waals surface area contributed by atoms with Gasteiger partial charge in [-0.05, 0) is 49.0 Å². The first-order valence-electron chi connectivity index (χ1n) is 10.1. The minimum absolute atomic E-state index is 0.0623. The van der Waals surface area contributed by atoms with Crippen LogP contribution < -0.4 is 4.90 Å². The third-order valence-corrected chi connectivity index (χ3v) is 6.04. The number of carbonyl (C=O) groups excluding carboxylic acids is 2. The normalized spacial score (nSPS) is 18.7. The number of rotatable bonds is 6. The minimum atomic E-state index is -4.53. The zero-order chi connectivity index (χ0) is 23.3. The second-order valence-electron chi connectivity index (χ2n) is 7.60. The molecule has 1 aliphatic rings. The van der Waals surface area contributed by atoms with Gasteiger partial charge in [0, 0.05) is 18.4 Å². The number of benzene rings is 1. The number of halogens is 3. The van der Waals surface area contributed by atoms with E-state index in [1.165, 1.54) is 31.2 Å². The average Bonchev–Trinajstić information content (AvgIpc) is 3.19. The number of hydrogen-bond acceptors (Lipinski definition) is 5. The number of carbonyl (C=O) groups is 2. The molecule has 3 rings (SSSR count). The van der Waals surface area contributed by atoms with Crippen LogP contribution in [0.25, 0.3) is 6.08 Å². The predicted octanol–water partition coefficient (Wildman–Crippen LogP) is 6.01. The summed E-state index contributed by atoms with van der Waals surface area (Å²) in [4.78, 5) is 29.6. The van der Waals surface area contributed by atoms with Crippen LogP contribution in [0.1, 0.15) is 37.9 Å². The Labute approximate surface area is 188 Å². The van der Waals surface area contributed by atoms with Gasteiger partial charge < -0.3 is 4.74 Å². The van der Waals surface area contributed by atoms with E-state index in [0.29, 0.717) is 24.1 Å². The Bertz CT molecular complexity index is 1030. The molecule has 5 nitrogen and oxygen atoms in total. The molecule has 2 unspecified atom stereocenters. The molecule has 0 aliphatic heterocycles. The monoisotopic (exact) mass is 464 g/mol. The Morgan fingerprint density at radius 2 is 2.03 bits per heavy atom. The summed E-state index contributed by atoms with van der Waals surface area (Å²) >= 11 is 1.08. The summed E-state index contributed by atoms with van der Waals surface area (Å²) in [5, 5.41) is 1.81. The lowest BCUT2D eigenvalue weighted by Gasteiger charge is -2.24. The molecule has 1 aromatic heterocycles. The SMILES string of the molecule is CC(=O)N(c1cccc(C(F)(F)F)c1)c1nc(C=CC(=O)OCC2CC=CCC2C)cs1. The molecule has 1 aliphatic carbocycles. The van der Waals surface area contributed by atoms with Crippen molar-refractivity contribution in [3.63, 3.8) is 0 Å². The van der Waals surface area contributed by atoms with Gasteiger partial charge in [0.2, 0.25) is 5.91 Å². The van der Waals surface area contributed by atoms with Crippen molar-refractivity contribution in [2.24, 2.45) is 11.8 Å². The molecule has 32 heavy (non-hydrogen) atoms. The number of allylic oxidation sites excluding steroid dienone is 2. The maximum atomic E-state index is 13.0. The second-order valence-corrected chi connectivity index (χ2v) is 8.44. The Hall–Kier alpha value is -2.94. The fourth-order valence-corrected chi connectivity index (χ4v) is 4.19. The van der Waals surface area contributed by atoms with Crippen molar-refractivity contribution in [2.45, 2.75) is 32.9 Å². The smallest absolute Gasteiger partial charge is 0.416 e. The summed E-state index contributed by atoms with van der Waals surface area (Å²) in [6.07, 6.45) is 4.26. The van der Waals surface area contributed by atoms with Gasteiger partial charge in [0.15, 0.2) is 5.13 Å². The van der Waals surface area contributed by atoms with Crippen molar-refractivity contribution in [1.82, 2.24) is 4.98 Å².